The van der Waals surface area contributed by atoms with E-state index in [0.717, 1.165) is 10.0 Å². The second kappa shape index (κ2) is 5.73. The number of carboxylic acids is 1. The monoisotopic (exact) mass is 345 g/mol. The normalized spacial score (nSPS) is 10.7. The third kappa shape index (κ3) is 2.97. The zero-order valence-corrected chi connectivity index (χ0v) is 12.2. The summed E-state index contributed by atoms with van der Waals surface area (Å²) in [4.78, 5) is 10.7. The van der Waals surface area contributed by atoms with Gasteiger partial charge in [-0.15, -0.1) is 0 Å². The van der Waals surface area contributed by atoms with Gasteiger partial charge in [0.15, 0.2) is 0 Å². The van der Waals surface area contributed by atoms with Crippen molar-refractivity contribution in [3.8, 4) is 11.3 Å². The number of carboxylic acid groups (broad SMARTS) is 1. The third-order valence-corrected chi connectivity index (χ3v) is 3.49. The van der Waals surface area contributed by atoms with Gasteiger partial charge in [0.2, 0.25) is 5.76 Å². The number of hydrogen-bond donors (Lipinski definition) is 1. The van der Waals surface area contributed by atoms with Crippen LogP contribution in [-0.4, -0.2) is 23.3 Å². The lowest BCUT2D eigenvalue weighted by atomic mass is 10.1. The average molecular weight is 347 g/mol. The Morgan fingerprint density at radius 3 is 2.79 bits per heavy atom. The maximum absolute atomic E-state index is 10.7. The van der Waals surface area contributed by atoms with Gasteiger partial charge in [0, 0.05) is 33.8 Å². The molecule has 1 N–H and O–H groups in total. The molecule has 0 saturated heterocycles. The molecule has 0 bridgehead atoms. The number of aromatic carboxylic acids is 1. The Kier molecular flexibility index (Phi) is 4.24. The van der Waals surface area contributed by atoms with Crippen molar-refractivity contribution in [3.05, 3.63) is 39.0 Å². The summed E-state index contributed by atoms with van der Waals surface area (Å²) in [6.45, 7) is 0.374. The van der Waals surface area contributed by atoms with E-state index in [1.54, 1.807) is 19.2 Å². The van der Waals surface area contributed by atoms with Gasteiger partial charge in [-0.2, -0.15) is 0 Å². The molecule has 0 aliphatic rings. The highest BCUT2D eigenvalue weighted by atomic mass is 79.9. The minimum absolute atomic E-state index is 0.219. The number of ether oxygens (including phenoxy) is 1. The fraction of sp³-hybridized carbons (Fsp3) is 0.167. The van der Waals surface area contributed by atoms with Gasteiger partial charge in [0.25, 0.3) is 0 Å². The van der Waals surface area contributed by atoms with E-state index in [1.807, 2.05) is 0 Å². The quantitative estimate of drug-likeness (QED) is 0.915. The van der Waals surface area contributed by atoms with Crippen molar-refractivity contribution in [1.29, 1.82) is 0 Å². The lowest BCUT2D eigenvalue weighted by Crippen LogP contribution is -1.92. The van der Waals surface area contributed by atoms with Gasteiger partial charge in [-0.1, -0.05) is 32.7 Å². The van der Waals surface area contributed by atoms with Gasteiger partial charge >= 0.3 is 5.97 Å². The van der Waals surface area contributed by atoms with Crippen LogP contribution in [-0.2, 0) is 11.3 Å². The Balaban J connectivity index is 2.42. The molecular weight excluding hydrogens is 337 g/mol. The van der Waals surface area contributed by atoms with E-state index in [2.05, 4.69) is 21.1 Å². The summed E-state index contributed by atoms with van der Waals surface area (Å²) >= 11 is 9.54. The van der Waals surface area contributed by atoms with Crippen LogP contribution >= 0.6 is 27.5 Å². The predicted octanol–water partition coefficient (Wildman–Crippen LogP) is 3.60. The van der Waals surface area contributed by atoms with Crippen LogP contribution in [0.3, 0.4) is 0 Å². The van der Waals surface area contributed by atoms with Gasteiger partial charge in [-0.25, -0.2) is 4.79 Å². The van der Waals surface area contributed by atoms with Crippen molar-refractivity contribution in [1.82, 2.24) is 5.16 Å². The molecule has 0 aliphatic heterocycles. The topological polar surface area (TPSA) is 72.6 Å². The molecule has 100 valence electrons. The average Bonchev–Trinajstić information content (AvgIpc) is 2.83. The first-order valence-corrected chi connectivity index (χ1v) is 6.37. The minimum atomic E-state index is -1.17. The molecule has 1 aromatic heterocycles. The molecule has 0 atom stereocenters. The zero-order chi connectivity index (χ0) is 14.0. The summed E-state index contributed by atoms with van der Waals surface area (Å²) in [5.41, 5.74) is 1.88. The zero-order valence-electron chi connectivity index (χ0n) is 9.81. The third-order valence-electron chi connectivity index (χ3n) is 2.45. The van der Waals surface area contributed by atoms with E-state index in [1.165, 1.54) is 6.07 Å². The fourth-order valence-corrected chi connectivity index (χ4v) is 2.51. The molecule has 0 saturated carbocycles. The number of methoxy groups -OCH3 is 1. The van der Waals surface area contributed by atoms with Crippen molar-refractivity contribution in [2.75, 3.05) is 7.11 Å². The summed E-state index contributed by atoms with van der Waals surface area (Å²) in [6.07, 6.45) is 0. The molecule has 19 heavy (non-hydrogen) atoms. The predicted molar refractivity (Wildman–Crippen MR) is 72.3 cm³/mol. The van der Waals surface area contributed by atoms with Crippen molar-refractivity contribution >= 4 is 33.5 Å². The summed E-state index contributed by atoms with van der Waals surface area (Å²) in [5.74, 6) is -1.39. The van der Waals surface area contributed by atoms with E-state index in [9.17, 15) is 4.79 Å². The first kappa shape index (κ1) is 14.0. The number of halogens is 2. The second-order valence-electron chi connectivity index (χ2n) is 3.73. The van der Waals surface area contributed by atoms with Crippen LogP contribution in [0.2, 0.25) is 5.02 Å². The Morgan fingerprint density at radius 1 is 1.53 bits per heavy atom. The van der Waals surface area contributed by atoms with Crippen molar-refractivity contribution in [3.63, 3.8) is 0 Å². The molecule has 2 rings (SSSR count). The number of benzene rings is 1. The summed E-state index contributed by atoms with van der Waals surface area (Å²) < 4.78 is 10.5. The number of nitrogens with zero attached hydrogens (tertiary/aromatic N) is 1. The van der Waals surface area contributed by atoms with E-state index in [4.69, 9.17) is 26.0 Å². The molecule has 1 heterocycles. The van der Waals surface area contributed by atoms with E-state index < -0.39 is 5.97 Å². The van der Waals surface area contributed by atoms with Crippen LogP contribution in [0.4, 0.5) is 0 Å². The summed E-state index contributed by atoms with van der Waals surface area (Å²) in [6, 6.07) is 4.81. The van der Waals surface area contributed by atoms with E-state index >= 15 is 0 Å². The van der Waals surface area contributed by atoms with Gasteiger partial charge in [-0.3, -0.25) is 0 Å². The highest BCUT2D eigenvalue weighted by Crippen LogP contribution is 2.32. The number of carbonyl (C=O) groups is 1. The van der Waals surface area contributed by atoms with E-state index in [-0.39, 0.29) is 5.76 Å². The molecule has 0 radical (unpaired) electrons. The molecule has 7 heteroatoms. The minimum Gasteiger partial charge on any atom is -0.475 e. The molecule has 0 unspecified atom stereocenters. The van der Waals surface area contributed by atoms with Crippen LogP contribution in [0, 0.1) is 0 Å². The number of aromatic nitrogens is 1. The SMILES string of the molecule is COCc1c(Cl)cc(-c2cc(C(=O)O)on2)cc1Br. The summed E-state index contributed by atoms with van der Waals surface area (Å²) in [7, 11) is 1.58. The summed E-state index contributed by atoms with van der Waals surface area (Å²) in [5, 5.41) is 13.0. The van der Waals surface area contributed by atoms with Crippen LogP contribution in [0.25, 0.3) is 11.3 Å². The Labute approximate surface area is 122 Å². The van der Waals surface area contributed by atoms with Crippen molar-refractivity contribution in [2.45, 2.75) is 6.61 Å². The Morgan fingerprint density at radius 2 is 2.26 bits per heavy atom. The molecule has 1 aromatic carbocycles. The number of rotatable bonds is 4. The first-order chi connectivity index (χ1) is 9.02. The molecular formula is C12H9BrClNO4. The molecule has 0 amide bonds. The number of hydrogen-bond acceptors (Lipinski definition) is 4. The van der Waals surface area contributed by atoms with Gasteiger partial charge in [0.1, 0.15) is 5.69 Å². The highest BCUT2D eigenvalue weighted by Gasteiger charge is 2.15. The molecule has 5 nitrogen and oxygen atoms in total. The second-order valence-corrected chi connectivity index (χ2v) is 4.99. The molecule has 0 aliphatic carbocycles. The maximum atomic E-state index is 10.7. The van der Waals surface area contributed by atoms with Crippen LogP contribution in [0.5, 0.6) is 0 Å². The lowest BCUT2D eigenvalue weighted by molar-refractivity contribution is 0.0652. The van der Waals surface area contributed by atoms with E-state index in [0.29, 0.717) is 22.9 Å². The van der Waals surface area contributed by atoms with Gasteiger partial charge < -0.3 is 14.4 Å². The van der Waals surface area contributed by atoms with Crippen LogP contribution in [0.1, 0.15) is 16.1 Å². The molecule has 0 fully saturated rings. The Hall–Kier alpha value is -1.37. The highest BCUT2D eigenvalue weighted by molar-refractivity contribution is 9.10. The van der Waals surface area contributed by atoms with Gasteiger partial charge in [-0.05, 0) is 12.1 Å². The van der Waals surface area contributed by atoms with Crippen molar-refractivity contribution < 1.29 is 19.2 Å². The van der Waals surface area contributed by atoms with Gasteiger partial charge in [0.05, 0.1) is 6.61 Å². The smallest absolute Gasteiger partial charge is 0.374 e. The van der Waals surface area contributed by atoms with Crippen LogP contribution in [0.15, 0.2) is 27.2 Å². The maximum Gasteiger partial charge on any atom is 0.374 e. The largest absolute Gasteiger partial charge is 0.475 e. The fourth-order valence-electron chi connectivity index (χ4n) is 1.55. The van der Waals surface area contributed by atoms with Crippen LogP contribution < -0.4 is 0 Å². The molecule has 0 spiro atoms. The first-order valence-electron chi connectivity index (χ1n) is 5.20. The van der Waals surface area contributed by atoms with Crippen molar-refractivity contribution in [2.24, 2.45) is 0 Å². The Bertz CT molecular complexity index is 603. The lowest BCUT2D eigenvalue weighted by Gasteiger charge is -2.07. The standard InChI is InChI=1S/C12H9BrClNO4/c1-18-5-7-8(13)2-6(3-9(7)14)10-4-11(12(16)17)19-15-10/h2-4H,5H2,1H3,(H,16,17). The molecule has 2 aromatic rings.